The van der Waals surface area contributed by atoms with Gasteiger partial charge in [-0.05, 0) is 12.8 Å². The van der Waals surface area contributed by atoms with Crippen molar-refractivity contribution < 1.29 is 19.4 Å². The van der Waals surface area contributed by atoms with Crippen LogP contribution in [0.2, 0.25) is 0 Å². The fourth-order valence-electron chi connectivity index (χ4n) is 1.47. The summed E-state index contributed by atoms with van der Waals surface area (Å²) in [4.78, 5) is 22.5. The maximum Gasteiger partial charge on any atom is 0.407 e. The third kappa shape index (κ3) is 2.61. The number of carbonyl (C=O) groups excluding carboxylic acids is 1. The summed E-state index contributed by atoms with van der Waals surface area (Å²) in [6.45, 7) is 2.04. The molecule has 1 unspecified atom stereocenters. The minimum atomic E-state index is -0.936. The molecule has 74 valence electrons. The van der Waals surface area contributed by atoms with Crippen LogP contribution in [0.3, 0.4) is 0 Å². The zero-order valence-electron chi connectivity index (χ0n) is 7.52. The summed E-state index contributed by atoms with van der Waals surface area (Å²) in [5.74, 6) is -0.364. The normalized spacial score (nSPS) is 21.6. The highest BCUT2D eigenvalue weighted by molar-refractivity contribution is 5.67. The molecule has 1 amide bonds. The van der Waals surface area contributed by atoms with E-state index in [1.807, 2.05) is 0 Å². The molecular weight excluding hydrogens is 174 g/mol. The first kappa shape index (κ1) is 9.83. The van der Waals surface area contributed by atoms with Crippen molar-refractivity contribution in [2.45, 2.75) is 25.8 Å². The van der Waals surface area contributed by atoms with Gasteiger partial charge in [0.05, 0.1) is 6.04 Å². The van der Waals surface area contributed by atoms with Crippen molar-refractivity contribution in [3.05, 3.63) is 0 Å². The van der Waals surface area contributed by atoms with Crippen LogP contribution in [0, 0.1) is 0 Å². The first-order chi connectivity index (χ1) is 6.11. The number of rotatable bonds is 2. The van der Waals surface area contributed by atoms with Crippen LogP contribution in [0.25, 0.3) is 0 Å². The lowest BCUT2D eigenvalue weighted by Crippen LogP contribution is -2.37. The molecule has 5 nitrogen and oxygen atoms in total. The molecule has 0 aliphatic carbocycles. The molecule has 1 fully saturated rings. The molecule has 0 aromatic carbocycles. The van der Waals surface area contributed by atoms with Crippen LogP contribution >= 0.6 is 0 Å². The van der Waals surface area contributed by atoms with Crippen molar-refractivity contribution in [2.24, 2.45) is 0 Å². The zero-order chi connectivity index (χ0) is 9.84. The van der Waals surface area contributed by atoms with E-state index in [1.165, 1.54) is 11.8 Å². The summed E-state index contributed by atoms with van der Waals surface area (Å²) < 4.78 is 4.76. The van der Waals surface area contributed by atoms with Crippen molar-refractivity contribution in [2.75, 3.05) is 13.2 Å². The molecule has 0 radical (unpaired) electrons. The van der Waals surface area contributed by atoms with Gasteiger partial charge in [0.25, 0.3) is 0 Å². The number of ether oxygens (including phenoxy) is 1. The lowest BCUT2D eigenvalue weighted by atomic mass is 10.2. The lowest BCUT2D eigenvalue weighted by molar-refractivity contribution is -0.142. The maximum atomic E-state index is 10.6. The third-order valence-electron chi connectivity index (χ3n) is 2.10. The smallest absolute Gasteiger partial charge is 0.407 e. The van der Waals surface area contributed by atoms with Gasteiger partial charge in [-0.2, -0.15) is 0 Å². The van der Waals surface area contributed by atoms with Gasteiger partial charge in [-0.3, -0.25) is 4.79 Å². The summed E-state index contributed by atoms with van der Waals surface area (Å²) in [7, 11) is 0. The van der Waals surface area contributed by atoms with Gasteiger partial charge in [0.1, 0.15) is 6.61 Å². The van der Waals surface area contributed by atoms with Crippen LogP contribution in [-0.2, 0) is 9.53 Å². The predicted molar refractivity (Wildman–Crippen MR) is 44.4 cm³/mol. The number of carboxylic acid groups (broad SMARTS) is 1. The number of amides is 1. The summed E-state index contributed by atoms with van der Waals surface area (Å²) >= 11 is 0. The molecule has 1 N–H and O–H groups in total. The van der Waals surface area contributed by atoms with E-state index < -0.39 is 6.09 Å². The van der Waals surface area contributed by atoms with Crippen LogP contribution in [0.15, 0.2) is 0 Å². The van der Waals surface area contributed by atoms with Gasteiger partial charge < -0.3 is 14.7 Å². The van der Waals surface area contributed by atoms with Crippen LogP contribution in [0.4, 0.5) is 4.79 Å². The number of likely N-dealkylation sites (tertiary alicyclic amines) is 1. The Morgan fingerprint density at radius 1 is 1.62 bits per heavy atom. The average molecular weight is 187 g/mol. The van der Waals surface area contributed by atoms with E-state index in [-0.39, 0.29) is 18.6 Å². The van der Waals surface area contributed by atoms with Gasteiger partial charge in [-0.15, -0.1) is 0 Å². The van der Waals surface area contributed by atoms with Crippen molar-refractivity contribution >= 4 is 12.1 Å². The van der Waals surface area contributed by atoms with Crippen molar-refractivity contribution in [1.82, 2.24) is 4.90 Å². The Kier molecular flexibility index (Phi) is 3.11. The summed E-state index contributed by atoms with van der Waals surface area (Å²) in [6.07, 6.45) is 0.687. The Labute approximate surface area is 76.3 Å². The number of hydrogen-bond donors (Lipinski definition) is 1. The summed E-state index contributed by atoms with van der Waals surface area (Å²) in [6, 6.07) is -0.151. The van der Waals surface area contributed by atoms with Crippen LogP contribution in [-0.4, -0.2) is 41.3 Å². The second-order valence-corrected chi connectivity index (χ2v) is 3.07. The van der Waals surface area contributed by atoms with E-state index >= 15 is 0 Å². The fraction of sp³-hybridized carbons (Fsp3) is 0.750. The monoisotopic (exact) mass is 187 g/mol. The number of esters is 1. The van der Waals surface area contributed by atoms with Crippen LogP contribution in [0.5, 0.6) is 0 Å². The highest BCUT2D eigenvalue weighted by Crippen LogP contribution is 2.17. The minimum absolute atomic E-state index is 0.151. The predicted octanol–water partition coefficient (Wildman–Crippen LogP) is 0.692. The molecule has 0 aromatic rings. The average Bonchev–Trinajstić information content (AvgIpc) is 2.47. The molecule has 0 spiro atoms. The Morgan fingerprint density at radius 2 is 2.31 bits per heavy atom. The molecule has 1 rings (SSSR count). The molecular formula is C8H13NO4. The van der Waals surface area contributed by atoms with Crippen molar-refractivity contribution in [3.63, 3.8) is 0 Å². The van der Waals surface area contributed by atoms with E-state index in [0.717, 1.165) is 12.8 Å². The standard InChI is InChI=1S/C8H13NO4/c1-6(10)13-5-7-3-2-4-9(7)8(11)12/h7H,2-5H2,1H3,(H,11,12). The van der Waals surface area contributed by atoms with Crippen LogP contribution in [0.1, 0.15) is 19.8 Å². The zero-order valence-corrected chi connectivity index (χ0v) is 7.52. The molecule has 1 atom stereocenters. The molecule has 0 aromatic heterocycles. The molecule has 5 heteroatoms. The largest absolute Gasteiger partial charge is 0.465 e. The topological polar surface area (TPSA) is 66.8 Å². The second-order valence-electron chi connectivity index (χ2n) is 3.07. The first-order valence-corrected chi connectivity index (χ1v) is 4.24. The van der Waals surface area contributed by atoms with Gasteiger partial charge in [0.2, 0.25) is 0 Å². The highest BCUT2D eigenvalue weighted by atomic mass is 16.5. The Hall–Kier alpha value is -1.26. The summed E-state index contributed by atoms with van der Waals surface area (Å²) in [5, 5.41) is 8.73. The van der Waals surface area contributed by atoms with Gasteiger partial charge in [0, 0.05) is 13.5 Å². The van der Waals surface area contributed by atoms with Gasteiger partial charge in [0.15, 0.2) is 0 Å². The number of hydrogen-bond acceptors (Lipinski definition) is 3. The highest BCUT2D eigenvalue weighted by Gasteiger charge is 2.28. The van der Waals surface area contributed by atoms with E-state index in [0.29, 0.717) is 6.54 Å². The second kappa shape index (κ2) is 4.11. The molecule has 0 bridgehead atoms. The van der Waals surface area contributed by atoms with E-state index in [2.05, 4.69) is 0 Å². The van der Waals surface area contributed by atoms with Gasteiger partial charge >= 0.3 is 12.1 Å². The summed E-state index contributed by atoms with van der Waals surface area (Å²) in [5.41, 5.74) is 0. The quantitative estimate of drug-likeness (QED) is 0.646. The molecule has 1 aliphatic rings. The Morgan fingerprint density at radius 3 is 2.85 bits per heavy atom. The van der Waals surface area contributed by atoms with Crippen molar-refractivity contribution in [3.8, 4) is 0 Å². The Bertz CT molecular complexity index is 216. The molecule has 13 heavy (non-hydrogen) atoms. The Balaban J connectivity index is 2.39. The van der Waals surface area contributed by atoms with E-state index in [4.69, 9.17) is 9.84 Å². The van der Waals surface area contributed by atoms with E-state index in [1.54, 1.807) is 0 Å². The SMILES string of the molecule is CC(=O)OCC1CCCN1C(=O)O. The minimum Gasteiger partial charge on any atom is -0.465 e. The third-order valence-corrected chi connectivity index (χ3v) is 2.10. The fourth-order valence-corrected chi connectivity index (χ4v) is 1.47. The van der Waals surface area contributed by atoms with Crippen molar-refractivity contribution in [1.29, 1.82) is 0 Å². The lowest BCUT2D eigenvalue weighted by Gasteiger charge is -2.20. The number of nitrogens with zero attached hydrogens (tertiary/aromatic N) is 1. The molecule has 1 heterocycles. The molecule has 1 aliphatic heterocycles. The molecule has 0 saturated carbocycles. The number of carbonyl (C=O) groups is 2. The van der Waals surface area contributed by atoms with Gasteiger partial charge in [-0.1, -0.05) is 0 Å². The molecule has 1 saturated heterocycles. The first-order valence-electron chi connectivity index (χ1n) is 4.24. The van der Waals surface area contributed by atoms with E-state index in [9.17, 15) is 9.59 Å². The van der Waals surface area contributed by atoms with Crippen LogP contribution < -0.4 is 0 Å². The van der Waals surface area contributed by atoms with Gasteiger partial charge in [-0.25, -0.2) is 4.79 Å². The maximum absolute atomic E-state index is 10.6.